The van der Waals surface area contributed by atoms with Crippen molar-refractivity contribution < 1.29 is 4.79 Å². The largest absolute Gasteiger partial charge is 0.353 e. The quantitative estimate of drug-likeness (QED) is 0.461. The van der Waals surface area contributed by atoms with Gasteiger partial charge in [-0.3, -0.25) is 10.1 Å². The van der Waals surface area contributed by atoms with E-state index in [2.05, 4.69) is 16.0 Å². The molecule has 2 unspecified atom stereocenters. The van der Waals surface area contributed by atoms with Crippen molar-refractivity contribution in [3.05, 3.63) is 0 Å². The molecule has 2 aliphatic heterocycles. The van der Waals surface area contributed by atoms with Gasteiger partial charge in [-0.05, 0) is 26.3 Å². The van der Waals surface area contributed by atoms with E-state index in [0.29, 0.717) is 0 Å². The summed E-state index contributed by atoms with van der Waals surface area (Å²) in [5, 5.41) is 9.72. The van der Waals surface area contributed by atoms with E-state index in [1.54, 1.807) is 0 Å². The van der Waals surface area contributed by atoms with Gasteiger partial charge in [0, 0.05) is 18.6 Å². The minimum Gasteiger partial charge on any atom is -0.353 e. The summed E-state index contributed by atoms with van der Waals surface area (Å²) in [6, 6.07) is -0.0475. The summed E-state index contributed by atoms with van der Waals surface area (Å²) < 4.78 is 0. The number of rotatable bonds is 0. The van der Waals surface area contributed by atoms with Gasteiger partial charge in [0.1, 0.15) is 0 Å². The number of carbonyl (C=O) groups is 1. The van der Waals surface area contributed by atoms with Crippen molar-refractivity contribution in [2.45, 2.75) is 31.3 Å². The van der Waals surface area contributed by atoms with Crippen LogP contribution in [0.5, 0.6) is 0 Å². The van der Waals surface area contributed by atoms with Gasteiger partial charge in [-0.15, -0.1) is 0 Å². The Bertz CT molecular complexity index is 211. The molecule has 0 aliphatic carbocycles. The molecule has 4 nitrogen and oxygen atoms in total. The maximum atomic E-state index is 11.2. The van der Waals surface area contributed by atoms with Crippen LogP contribution in [-0.2, 0) is 4.79 Å². The molecule has 4 heteroatoms. The number of hydrogen-bond acceptors (Lipinski definition) is 3. The zero-order valence-electron chi connectivity index (χ0n) is 8.02. The van der Waals surface area contributed by atoms with Crippen molar-refractivity contribution in [3.8, 4) is 0 Å². The van der Waals surface area contributed by atoms with Crippen molar-refractivity contribution >= 4 is 5.91 Å². The number of carbonyl (C=O) groups excluding carboxylic acids is 1. The molecular weight excluding hydrogens is 166 g/mol. The van der Waals surface area contributed by atoms with Gasteiger partial charge in [0.2, 0.25) is 5.91 Å². The van der Waals surface area contributed by atoms with Crippen LogP contribution in [0.4, 0.5) is 0 Å². The van der Waals surface area contributed by atoms with Crippen LogP contribution in [0.3, 0.4) is 0 Å². The third kappa shape index (κ3) is 1.69. The Labute approximate surface area is 78.5 Å². The van der Waals surface area contributed by atoms with E-state index in [1.165, 1.54) is 6.42 Å². The molecule has 74 valence electrons. The lowest BCUT2D eigenvalue weighted by Gasteiger charge is -2.43. The van der Waals surface area contributed by atoms with Crippen LogP contribution in [0.15, 0.2) is 0 Å². The Kier molecular flexibility index (Phi) is 2.26. The molecule has 2 rings (SSSR count). The first-order valence-electron chi connectivity index (χ1n) is 4.98. The molecule has 0 aromatic heterocycles. The SMILES string of the molecule is CC1NC2(CCCNC2)CNC1=O. The Morgan fingerprint density at radius 2 is 2.31 bits per heavy atom. The molecule has 2 atom stereocenters. The second-order valence-electron chi connectivity index (χ2n) is 4.14. The van der Waals surface area contributed by atoms with Gasteiger partial charge in [0.15, 0.2) is 0 Å². The molecule has 1 amide bonds. The van der Waals surface area contributed by atoms with Gasteiger partial charge in [-0.1, -0.05) is 0 Å². The van der Waals surface area contributed by atoms with Crippen molar-refractivity contribution in [2.24, 2.45) is 0 Å². The summed E-state index contributed by atoms with van der Waals surface area (Å²) in [7, 11) is 0. The number of nitrogens with one attached hydrogen (secondary N) is 3. The molecule has 0 saturated carbocycles. The van der Waals surface area contributed by atoms with Crippen LogP contribution in [0.1, 0.15) is 19.8 Å². The first-order valence-corrected chi connectivity index (χ1v) is 4.98. The van der Waals surface area contributed by atoms with E-state index in [9.17, 15) is 4.79 Å². The predicted molar refractivity (Wildman–Crippen MR) is 50.4 cm³/mol. The second kappa shape index (κ2) is 3.27. The minimum absolute atomic E-state index is 0.0475. The Balaban J connectivity index is 2.02. The average molecular weight is 183 g/mol. The first-order chi connectivity index (χ1) is 6.22. The summed E-state index contributed by atoms with van der Waals surface area (Å²) in [6.07, 6.45) is 2.35. The summed E-state index contributed by atoms with van der Waals surface area (Å²) in [5.41, 5.74) is 0.117. The lowest BCUT2D eigenvalue weighted by molar-refractivity contribution is -0.126. The monoisotopic (exact) mass is 183 g/mol. The third-order valence-electron chi connectivity index (χ3n) is 2.99. The Morgan fingerprint density at radius 1 is 1.46 bits per heavy atom. The highest BCUT2D eigenvalue weighted by Gasteiger charge is 2.38. The fraction of sp³-hybridized carbons (Fsp3) is 0.889. The normalized spacial score (nSPS) is 40.4. The molecule has 0 aromatic rings. The molecule has 13 heavy (non-hydrogen) atoms. The minimum atomic E-state index is -0.0475. The number of piperidine rings is 1. The molecule has 2 heterocycles. The summed E-state index contributed by atoms with van der Waals surface area (Å²) in [6.45, 7) is 4.76. The van der Waals surface area contributed by atoms with Crippen LogP contribution in [0.25, 0.3) is 0 Å². The topological polar surface area (TPSA) is 53.2 Å². The second-order valence-corrected chi connectivity index (χ2v) is 4.14. The van der Waals surface area contributed by atoms with Gasteiger partial charge in [0.25, 0.3) is 0 Å². The fourth-order valence-corrected chi connectivity index (χ4v) is 2.23. The molecule has 0 aromatic carbocycles. The average Bonchev–Trinajstić information content (AvgIpc) is 2.14. The fourth-order valence-electron chi connectivity index (χ4n) is 2.23. The summed E-state index contributed by atoms with van der Waals surface area (Å²) in [5.74, 6) is 0.121. The molecule has 2 fully saturated rings. The van der Waals surface area contributed by atoms with Gasteiger partial charge >= 0.3 is 0 Å². The van der Waals surface area contributed by atoms with E-state index in [1.807, 2.05) is 6.92 Å². The van der Waals surface area contributed by atoms with E-state index in [0.717, 1.165) is 26.1 Å². The first kappa shape index (κ1) is 8.97. The van der Waals surface area contributed by atoms with Crippen LogP contribution in [0, 0.1) is 0 Å². The lowest BCUT2D eigenvalue weighted by atomic mass is 9.87. The van der Waals surface area contributed by atoms with Crippen molar-refractivity contribution in [3.63, 3.8) is 0 Å². The molecule has 0 bridgehead atoms. The highest BCUT2D eigenvalue weighted by atomic mass is 16.2. The molecule has 1 spiro atoms. The van der Waals surface area contributed by atoms with Crippen LogP contribution in [-0.4, -0.2) is 37.1 Å². The van der Waals surface area contributed by atoms with Crippen LogP contribution >= 0.6 is 0 Å². The van der Waals surface area contributed by atoms with E-state index in [4.69, 9.17) is 0 Å². The molecule has 2 saturated heterocycles. The molecule has 0 radical (unpaired) electrons. The van der Waals surface area contributed by atoms with Gasteiger partial charge in [-0.2, -0.15) is 0 Å². The van der Waals surface area contributed by atoms with Crippen LogP contribution < -0.4 is 16.0 Å². The standard InChI is InChI=1S/C9H17N3O/c1-7-8(13)11-6-9(12-7)3-2-4-10-5-9/h7,10,12H,2-6H2,1H3,(H,11,13). The summed E-state index contributed by atoms with van der Waals surface area (Å²) in [4.78, 5) is 11.2. The molecule has 2 aliphatic rings. The van der Waals surface area contributed by atoms with Crippen molar-refractivity contribution in [2.75, 3.05) is 19.6 Å². The molecular formula is C9H17N3O. The highest BCUT2D eigenvalue weighted by Crippen LogP contribution is 2.18. The number of piperazine rings is 1. The Hall–Kier alpha value is -0.610. The van der Waals surface area contributed by atoms with Gasteiger partial charge < -0.3 is 10.6 Å². The maximum absolute atomic E-state index is 11.2. The van der Waals surface area contributed by atoms with Gasteiger partial charge in [-0.25, -0.2) is 0 Å². The van der Waals surface area contributed by atoms with Gasteiger partial charge in [0.05, 0.1) is 6.04 Å². The zero-order valence-corrected chi connectivity index (χ0v) is 8.02. The van der Waals surface area contributed by atoms with Crippen molar-refractivity contribution in [1.29, 1.82) is 0 Å². The van der Waals surface area contributed by atoms with Crippen molar-refractivity contribution in [1.82, 2.24) is 16.0 Å². The van der Waals surface area contributed by atoms with Crippen LogP contribution in [0.2, 0.25) is 0 Å². The zero-order chi connectivity index (χ0) is 9.31. The Morgan fingerprint density at radius 3 is 2.92 bits per heavy atom. The lowest BCUT2D eigenvalue weighted by Crippen LogP contribution is -2.70. The number of amides is 1. The predicted octanol–water partition coefficient (Wildman–Crippen LogP) is -0.783. The maximum Gasteiger partial charge on any atom is 0.236 e. The highest BCUT2D eigenvalue weighted by molar-refractivity contribution is 5.82. The van der Waals surface area contributed by atoms with E-state index >= 15 is 0 Å². The summed E-state index contributed by atoms with van der Waals surface area (Å²) >= 11 is 0. The molecule has 3 N–H and O–H groups in total. The smallest absolute Gasteiger partial charge is 0.236 e. The van der Waals surface area contributed by atoms with E-state index < -0.39 is 0 Å². The third-order valence-corrected chi connectivity index (χ3v) is 2.99. The van der Waals surface area contributed by atoms with E-state index in [-0.39, 0.29) is 17.5 Å². The number of hydrogen-bond donors (Lipinski definition) is 3.